The first-order valence-electron chi connectivity index (χ1n) is 6.46. The molecule has 0 spiro atoms. The first kappa shape index (κ1) is 14.7. The summed E-state index contributed by atoms with van der Waals surface area (Å²) in [6.07, 6.45) is 2.03. The van der Waals surface area contributed by atoms with E-state index in [2.05, 4.69) is 0 Å². The lowest BCUT2D eigenvalue weighted by molar-refractivity contribution is 0.0921. The number of aryl methyl sites for hydroxylation is 1. The number of ether oxygens (including phenoxy) is 1. The Balaban J connectivity index is 2.02. The fourth-order valence-corrected chi connectivity index (χ4v) is 2.44. The van der Waals surface area contributed by atoms with Gasteiger partial charge in [-0.3, -0.25) is 4.79 Å². The molecule has 20 heavy (non-hydrogen) atoms. The summed E-state index contributed by atoms with van der Waals surface area (Å²) < 4.78 is 7.57. The summed E-state index contributed by atoms with van der Waals surface area (Å²) in [7, 11) is 1.96. The maximum atomic E-state index is 12.2. The van der Waals surface area contributed by atoms with Crippen molar-refractivity contribution in [1.82, 2.24) is 4.57 Å². The van der Waals surface area contributed by atoms with Gasteiger partial charge >= 0.3 is 0 Å². The van der Waals surface area contributed by atoms with Crippen molar-refractivity contribution in [1.29, 1.82) is 0 Å². The summed E-state index contributed by atoms with van der Waals surface area (Å²) in [4.78, 5) is 13.4. The number of hydrogen-bond acceptors (Lipinski definition) is 3. The van der Waals surface area contributed by atoms with Crippen molar-refractivity contribution in [3.63, 3.8) is 0 Å². The van der Waals surface area contributed by atoms with Gasteiger partial charge in [-0.25, -0.2) is 0 Å². The van der Waals surface area contributed by atoms with Crippen molar-refractivity contribution in [2.45, 2.75) is 18.7 Å². The third kappa shape index (κ3) is 3.07. The number of benzene rings is 1. The number of aromatic nitrogens is 1. The summed E-state index contributed by atoms with van der Waals surface area (Å²) in [6, 6.07) is 9.67. The molecule has 2 rings (SSSR count). The van der Waals surface area contributed by atoms with E-state index < -0.39 is 0 Å². The number of thioether (sulfide) groups is 1. The van der Waals surface area contributed by atoms with Crippen LogP contribution in [0.4, 0.5) is 0 Å². The van der Waals surface area contributed by atoms with E-state index in [1.807, 2.05) is 62.0 Å². The Bertz CT molecular complexity index is 614. The Morgan fingerprint density at radius 3 is 2.40 bits per heavy atom. The highest BCUT2D eigenvalue weighted by Gasteiger charge is 2.14. The van der Waals surface area contributed by atoms with Crippen LogP contribution in [0.3, 0.4) is 0 Å². The number of ketones is 1. The first-order valence-corrected chi connectivity index (χ1v) is 7.68. The molecule has 2 aromatic rings. The van der Waals surface area contributed by atoms with Crippen molar-refractivity contribution in [2.24, 2.45) is 7.05 Å². The second-order valence-electron chi connectivity index (χ2n) is 4.73. The minimum Gasteiger partial charge on any atom is -0.485 e. The fourth-order valence-electron chi connectivity index (χ4n) is 2.04. The van der Waals surface area contributed by atoms with Crippen LogP contribution in [-0.4, -0.2) is 23.2 Å². The third-order valence-corrected chi connectivity index (χ3v) is 4.25. The lowest BCUT2D eigenvalue weighted by atomic mass is 10.1. The highest BCUT2D eigenvalue weighted by Crippen LogP contribution is 2.19. The molecule has 0 fully saturated rings. The molecule has 0 unspecified atom stereocenters. The van der Waals surface area contributed by atoms with E-state index in [0.29, 0.717) is 0 Å². The summed E-state index contributed by atoms with van der Waals surface area (Å²) >= 11 is 1.68. The summed E-state index contributed by atoms with van der Waals surface area (Å²) in [5.41, 5.74) is 2.80. The Kier molecular flexibility index (Phi) is 4.55. The van der Waals surface area contributed by atoms with Crippen LogP contribution in [0.1, 0.15) is 21.7 Å². The van der Waals surface area contributed by atoms with Crippen molar-refractivity contribution < 1.29 is 9.53 Å². The molecule has 0 amide bonds. The van der Waals surface area contributed by atoms with Gasteiger partial charge in [-0.2, -0.15) is 0 Å². The molecule has 1 aromatic carbocycles. The van der Waals surface area contributed by atoms with Gasteiger partial charge in [0.2, 0.25) is 5.78 Å². The molecule has 0 aliphatic rings. The molecule has 106 valence electrons. The molecule has 3 nitrogen and oxygen atoms in total. The molecule has 0 saturated heterocycles. The lowest BCUT2D eigenvalue weighted by Gasteiger charge is -2.06. The Hall–Kier alpha value is -1.68. The Morgan fingerprint density at radius 2 is 1.90 bits per heavy atom. The molecule has 0 aliphatic carbocycles. The van der Waals surface area contributed by atoms with E-state index in [-0.39, 0.29) is 12.4 Å². The SMILES string of the molecule is CSc1ccc(OCC(=O)c2cc(C)n(C)c2C)cc1. The normalized spacial score (nSPS) is 10.6. The van der Waals surface area contributed by atoms with Crippen LogP contribution in [0, 0.1) is 13.8 Å². The van der Waals surface area contributed by atoms with Crippen LogP contribution >= 0.6 is 11.8 Å². The molecule has 0 radical (unpaired) electrons. The lowest BCUT2D eigenvalue weighted by Crippen LogP contribution is -2.12. The molecular weight excluding hydrogens is 270 g/mol. The Morgan fingerprint density at radius 1 is 1.25 bits per heavy atom. The number of Topliss-reactive ketones (excluding diaryl/α,β-unsaturated/α-hetero) is 1. The number of rotatable bonds is 5. The summed E-state index contributed by atoms with van der Waals surface area (Å²) in [5, 5.41) is 0. The summed E-state index contributed by atoms with van der Waals surface area (Å²) in [5.74, 6) is 0.738. The smallest absolute Gasteiger partial charge is 0.202 e. The molecule has 1 aromatic heterocycles. The molecule has 0 atom stereocenters. The van der Waals surface area contributed by atoms with E-state index in [1.165, 1.54) is 4.90 Å². The van der Waals surface area contributed by atoms with E-state index in [1.54, 1.807) is 11.8 Å². The first-order chi connectivity index (χ1) is 9.52. The van der Waals surface area contributed by atoms with Gasteiger partial charge in [0.1, 0.15) is 5.75 Å². The second-order valence-corrected chi connectivity index (χ2v) is 5.61. The van der Waals surface area contributed by atoms with Crippen LogP contribution in [0.25, 0.3) is 0 Å². The zero-order valence-electron chi connectivity index (χ0n) is 12.3. The van der Waals surface area contributed by atoms with Crippen LogP contribution in [0.2, 0.25) is 0 Å². The number of nitrogens with zero attached hydrogens (tertiary/aromatic N) is 1. The molecule has 0 saturated carbocycles. The zero-order chi connectivity index (χ0) is 14.7. The summed E-state index contributed by atoms with van der Waals surface area (Å²) in [6.45, 7) is 4.02. The molecule has 0 bridgehead atoms. The number of carbonyl (C=O) groups is 1. The van der Waals surface area contributed by atoms with Crippen molar-refractivity contribution >= 4 is 17.5 Å². The minimum absolute atomic E-state index is 0.0140. The van der Waals surface area contributed by atoms with Gasteiger partial charge in [-0.05, 0) is 50.4 Å². The van der Waals surface area contributed by atoms with E-state index in [9.17, 15) is 4.79 Å². The second kappa shape index (κ2) is 6.18. The minimum atomic E-state index is 0.0140. The largest absolute Gasteiger partial charge is 0.485 e. The quantitative estimate of drug-likeness (QED) is 0.622. The van der Waals surface area contributed by atoms with Gasteiger partial charge in [0.05, 0.1) is 0 Å². The van der Waals surface area contributed by atoms with Crippen molar-refractivity contribution in [3.8, 4) is 5.75 Å². The van der Waals surface area contributed by atoms with E-state index >= 15 is 0 Å². The molecule has 0 N–H and O–H groups in total. The third-order valence-electron chi connectivity index (χ3n) is 3.50. The zero-order valence-corrected chi connectivity index (χ0v) is 13.1. The maximum absolute atomic E-state index is 12.2. The maximum Gasteiger partial charge on any atom is 0.202 e. The van der Waals surface area contributed by atoms with Crippen LogP contribution < -0.4 is 4.74 Å². The standard InChI is InChI=1S/C16H19NO2S/c1-11-9-15(12(2)17(11)3)16(18)10-19-13-5-7-14(20-4)8-6-13/h5-9H,10H2,1-4H3. The monoisotopic (exact) mass is 289 g/mol. The van der Waals surface area contributed by atoms with Crippen LogP contribution in [-0.2, 0) is 7.05 Å². The molecule has 1 heterocycles. The van der Waals surface area contributed by atoms with Gasteiger partial charge in [0.25, 0.3) is 0 Å². The Labute approximate surface area is 123 Å². The average molecular weight is 289 g/mol. The van der Waals surface area contributed by atoms with Gasteiger partial charge in [-0.1, -0.05) is 0 Å². The fraction of sp³-hybridized carbons (Fsp3) is 0.312. The van der Waals surface area contributed by atoms with Crippen molar-refractivity contribution in [2.75, 3.05) is 12.9 Å². The highest BCUT2D eigenvalue weighted by molar-refractivity contribution is 7.98. The highest BCUT2D eigenvalue weighted by atomic mass is 32.2. The molecule has 4 heteroatoms. The van der Waals surface area contributed by atoms with Gasteiger partial charge in [-0.15, -0.1) is 11.8 Å². The number of carbonyl (C=O) groups excluding carboxylic acids is 1. The van der Waals surface area contributed by atoms with Crippen LogP contribution in [0.15, 0.2) is 35.2 Å². The van der Waals surface area contributed by atoms with E-state index in [0.717, 1.165) is 22.7 Å². The van der Waals surface area contributed by atoms with E-state index in [4.69, 9.17) is 4.74 Å². The molecule has 0 aliphatic heterocycles. The van der Waals surface area contributed by atoms with Gasteiger partial charge in [0.15, 0.2) is 6.61 Å². The van der Waals surface area contributed by atoms with Crippen LogP contribution in [0.5, 0.6) is 5.75 Å². The average Bonchev–Trinajstić information content (AvgIpc) is 2.73. The van der Waals surface area contributed by atoms with Crippen molar-refractivity contribution in [3.05, 3.63) is 47.3 Å². The predicted octanol–water partition coefficient (Wildman–Crippen LogP) is 3.63. The van der Waals surface area contributed by atoms with Gasteiger partial charge < -0.3 is 9.30 Å². The topological polar surface area (TPSA) is 31.2 Å². The number of hydrogen-bond donors (Lipinski definition) is 0. The predicted molar refractivity (Wildman–Crippen MR) is 82.9 cm³/mol. The van der Waals surface area contributed by atoms with Gasteiger partial charge in [0, 0.05) is 28.9 Å². The molecular formula is C16H19NO2S.